The maximum Gasteiger partial charge on any atom is 0.241 e. The van der Waals surface area contributed by atoms with E-state index in [1.165, 1.54) is 11.1 Å². The summed E-state index contributed by atoms with van der Waals surface area (Å²) in [5.74, 6) is 0.702. The molecule has 3 atom stereocenters. The van der Waals surface area contributed by atoms with Gasteiger partial charge in [0.1, 0.15) is 6.04 Å². The number of amides is 1. The Balaban J connectivity index is 1.25. The molecule has 1 amide bonds. The van der Waals surface area contributed by atoms with Gasteiger partial charge in [-0.2, -0.15) is 0 Å². The van der Waals surface area contributed by atoms with Crippen molar-refractivity contribution in [3.63, 3.8) is 0 Å². The summed E-state index contributed by atoms with van der Waals surface area (Å²) in [6.07, 6.45) is 9.99. The van der Waals surface area contributed by atoms with Crippen molar-refractivity contribution in [1.82, 2.24) is 29.2 Å². The number of benzene rings is 1. The van der Waals surface area contributed by atoms with Crippen molar-refractivity contribution in [2.24, 2.45) is 5.92 Å². The van der Waals surface area contributed by atoms with E-state index in [1.54, 1.807) is 0 Å². The molecule has 38 heavy (non-hydrogen) atoms. The van der Waals surface area contributed by atoms with Crippen LogP contribution in [0, 0.1) is 12.8 Å². The molecule has 8 heteroatoms. The second-order valence-corrected chi connectivity index (χ2v) is 11.7. The summed E-state index contributed by atoms with van der Waals surface area (Å²) in [5.41, 5.74) is 5.85. The van der Waals surface area contributed by atoms with Crippen LogP contribution in [0.1, 0.15) is 47.0 Å². The second-order valence-electron chi connectivity index (χ2n) is 11.3. The molecule has 2 aromatic heterocycles. The zero-order valence-corrected chi connectivity index (χ0v) is 23.1. The van der Waals surface area contributed by atoms with E-state index in [0.29, 0.717) is 12.5 Å². The van der Waals surface area contributed by atoms with Gasteiger partial charge in [-0.3, -0.25) is 19.6 Å². The van der Waals surface area contributed by atoms with Crippen LogP contribution in [-0.2, 0) is 24.2 Å². The minimum absolute atomic E-state index is 0.0417. The quantitative estimate of drug-likeness (QED) is 0.508. The minimum atomic E-state index is -0.181. The first-order valence-corrected chi connectivity index (χ1v) is 14.3. The minimum Gasteiger partial charge on any atom is -0.341 e. The van der Waals surface area contributed by atoms with Gasteiger partial charge in [0, 0.05) is 56.7 Å². The van der Waals surface area contributed by atoms with Gasteiger partial charge in [0.2, 0.25) is 5.91 Å². The van der Waals surface area contributed by atoms with Crippen LogP contribution in [-0.4, -0.2) is 81.0 Å². The molecule has 6 rings (SSSR count). The number of rotatable bonds is 4. The molecular formula is C30H37ClN6O. The number of halogens is 1. The lowest BCUT2D eigenvalue weighted by atomic mass is 9.94. The van der Waals surface area contributed by atoms with Gasteiger partial charge in [-0.15, -0.1) is 0 Å². The molecule has 3 aromatic rings. The van der Waals surface area contributed by atoms with E-state index in [0.717, 1.165) is 80.4 Å². The summed E-state index contributed by atoms with van der Waals surface area (Å²) in [4.78, 5) is 30.1. The zero-order chi connectivity index (χ0) is 26.2. The summed E-state index contributed by atoms with van der Waals surface area (Å²) in [7, 11) is 2.09. The number of fused-ring (bicyclic) bond motifs is 2. The van der Waals surface area contributed by atoms with Crippen LogP contribution < -0.4 is 0 Å². The Bertz CT molecular complexity index is 1310. The van der Waals surface area contributed by atoms with Crippen molar-refractivity contribution in [3.8, 4) is 0 Å². The monoisotopic (exact) mass is 532 g/mol. The van der Waals surface area contributed by atoms with E-state index in [1.807, 2.05) is 31.6 Å². The van der Waals surface area contributed by atoms with Crippen molar-refractivity contribution in [3.05, 3.63) is 82.2 Å². The van der Waals surface area contributed by atoms with E-state index in [4.69, 9.17) is 16.6 Å². The number of aryl methyl sites for hydroxylation is 3. The van der Waals surface area contributed by atoms with Crippen LogP contribution in [0.15, 0.2) is 49.1 Å². The summed E-state index contributed by atoms with van der Waals surface area (Å²) < 4.78 is 2.17. The van der Waals surface area contributed by atoms with E-state index in [2.05, 4.69) is 55.7 Å². The molecule has 1 unspecified atom stereocenters. The highest BCUT2D eigenvalue weighted by Gasteiger charge is 2.40. The molecule has 2 aliphatic heterocycles. The van der Waals surface area contributed by atoms with Gasteiger partial charge < -0.3 is 9.47 Å². The summed E-state index contributed by atoms with van der Waals surface area (Å²) >= 11 is 6.88. The Morgan fingerprint density at radius 1 is 1.05 bits per heavy atom. The maximum atomic E-state index is 14.0. The first-order valence-electron chi connectivity index (χ1n) is 13.9. The van der Waals surface area contributed by atoms with Gasteiger partial charge >= 0.3 is 0 Å². The van der Waals surface area contributed by atoms with Gasteiger partial charge in [0.05, 0.1) is 23.8 Å². The highest BCUT2D eigenvalue weighted by molar-refractivity contribution is 6.31. The number of pyridine rings is 1. The number of likely N-dealkylation sites (tertiary alicyclic amines) is 1. The van der Waals surface area contributed by atoms with Crippen LogP contribution in [0.25, 0.3) is 0 Å². The molecule has 0 bridgehead atoms. The van der Waals surface area contributed by atoms with Crippen LogP contribution in [0.5, 0.6) is 0 Å². The van der Waals surface area contributed by atoms with Crippen LogP contribution in [0.4, 0.5) is 0 Å². The standard InChI is InChI=1S/C30H37ClN6O/c1-21-16-35(20-33-21)17-22-6-5-13-37(18-22)30(38)26-19-36(15-14-34(26)2)29-27-23(7-3-9-25(27)31)10-11-24-8-4-12-32-28(24)29/h3-4,7-9,12,16,20,22,26,29H,5-6,10-11,13-15,17-19H2,1-2H3/t22-,26-,29?/m1/s1. The highest BCUT2D eigenvalue weighted by Crippen LogP contribution is 2.40. The SMILES string of the molecule is Cc1cn(C[C@H]2CCCN(C(=O)[C@H]3CN(C4c5ncccc5CCc5cccc(Cl)c54)CCN3C)C2)cn1. The Morgan fingerprint density at radius 3 is 2.74 bits per heavy atom. The zero-order valence-electron chi connectivity index (χ0n) is 22.4. The smallest absolute Gasteiger partial charge is 0.241 e. The van der Waals surface area contributed by atoms with Crippen molar-refractivity contribution in [2.45, 2.75) is 51.2 Å². The molecule has 0 N–H and O–H groups in total. The summed E-state index contributed by atoms with van der Waals surface area (Å²) in [6, 6.07) is 10.3. The number of piperazine rings is 1. The van der Waals surface area contributed by atoms with E-state index in [-0.39, 0.29) is 18.0 Å². The Morgan fingerprint density at radius 2 is 1.89 bits per heavy atom. The third kappa shape index (κ3) is 4.99. The largest absolute Gasteiger partial charge is 0.341 e. The number of hydrogen-bond donors (Lipinski definition) is 0. The molecule has 0 spiro atoms. The molecule has 4 heterocycles. The van der Waals surface area contributed by atoms with Crippen molar-refractivity contribution in [1.29, 1.82) is 0 Å². The molecule has 7 nitrogen and oxygen atoms in total. The Hall–Kier alpha value is -2.74. The molecular weight excluding hydrogens is 496 g/mol. The lowest BCUT2D eigenvalue weighted by Gasteiger charge is -2.45. The third-order valence-electron chi connectivity index (χ3n) is 8.66. The van der Waals surface area contributed by atoms with Crippen molar-refractivity contribution in [2.75, 3.05) is 39.8 Å². The van der Waals surface area contributed by atoms with Gasteiger partial charge in [-0.05, 0) is 74.4 Å². The topological polar surface area (TPSA) is 57.5 Å². The number of hydrogen-bond acceptors (Lipinski definition) is 5. The number of likely N-dealkylation sites (N-methyl/N-ethyl adjacent to an activating group) is 1. The average Bonchev–Trinajstić information content (AvgIpc) is 3.25. The lowest BCUT2D eigenvalue weighted by Crippen LogP contribution is -2.60. The van der Waals surface area contributed by atoms with Crippen LogP contribution >= 0.6 is 11.6 Å². The summed E-state index contributed by atoms with van der Waals surface area (Å²) in [5, 5.41) is 0.793. The second kappa shape index (κ2) is 10.8. The third-order valence-corrected chi connectivity index (χ3v) is 8.99. The number of piperidine rings is 1. The predicted molar refractivity (Wildman–Crippen MR) is 149 cm³/mol. The van der Waals surface area contributed by atoms with E-state index < -0.39 is 0 Å². The Kier molecular flexibility index (Phi) is 7.25. The van der Waals surface area contributed by atoms with Gasteiger partial charge in [-0.1, -0.05) is 29.8 Å². The molecule has 1 aliphatic carbocycles. The van der Waals surface area contributed by atoms with Gasteiger partial charge in [0.15, 0.2) is 0 Å². The fourth-order valence-corrected chi connectivity index (χ4v) is 6.96. The van der Waals surface area contributed by atoms with Gasteiger partial charge in [0.25, 0.3) is 0 Å². The average molecular weight is 533 g/mol. The molecule has 0 saturated carbocycles. The van der Waals surface area contributed by atoms with E-state index >= 15 is 0 Å². The Labute approximate surface area is 230 Å². The highest BCUT2D eigenvalue weighted by atomic mass is 35.5. The molecule has 1 aromatic carbocycles. The predicted octanol–water partition coefficient (Wildman–Crippen LogP) is 3.98. The van der Waals surface area contributed by atoms with Crippen molar-refractivity contribution < 1.29 is 4.79 Å². The fraction of sp³-hybridized carbons (Fsp3) is 0.500. The number of carbonyl (C=O) groups is 1. The molecule has 0 radical (unpaired) electrons. The van der Waals surface area contributed by atoms with Crippen molar-refractivity contribution >= 4 is 17.5 Å². The first-order chi connectivity index (χ1) is 18.5. The molecule has 2 saturated heterocycles. The number of nitrogens with zero attached hydrogens (tertiary/aromatic N) is 6. The normalized spacial score (nSPS) is 24.5. The molecule has 2 fully saturated rings. The maximum absolute atomic E-state index is 14.0. The van der Waals surface area contributed by atoms with Crippen LogP contribution in [0.2, 0.25) is 5.02 Å². The molecule has 200 valence electrons. The molecule has 3 aliphatic rings. The van der Waals surface area contributed by atoms with Crippen LogP contribution in [0.3, 0.4) is 0 Å². The lowest BCUT2D eigenvalue weighted by molar-refractivity contribution is -0.141. The van der Waals surface area contributed by atoms with Gasteiger partial charge in [-0.25, -0.2) is 4.98 Å². The first kappa shape index (κ1) is 25.5. The van der Waals surface area contributed by atoms with E-state index in [9.17, 15) is 4.79 Å². The number of imidazole rings is 1. The number of aromatic nitrogens is 3. The summed E-state index contributed by atoms with van der Waals surface area (Å²) in [6.45, 7) is 6.95. The fourth-order valence-electron chi connectivity index (χ4n) is 6.67. The number of carbonyl (C=O) groups excluding carboxylic acids is 1.